The number of amides is 3. The maximum absolute atomic E-state index is 14.7. The van der Waals surface area contributed by atoms with Crippen LogP contribution in [-0.2, 0) is 28.7 Å². The third-order valence-corrected chi connectivity index (χ3v) is 10.7. The predicted molar refractivity (Wildman–Crippen MR) is 181 cm³/mol. The highest BCUT2D eigenvalue weighted by Crippen LogP contribution is 2.59. The summed E-state index contributed by atoms with van der Waals surface area (Å²) in [6.45, 7) is 8.59. The molecule has 1 aromatic rings. The molecule has 3 saturated heterocycles. The van der Waals surface area contributed by atoms with E-state index in [1.165, 1.54) is 0 Å². The molecule has 1 aliphatic carbocycles. The van der Waals surface area contributed by atoms with E-state index in [2.05, 4.69) is 18.5 Å². The van der Waals surface area contributed by atoms with Crippen LogP contribution in [0.25, 0.3) is 0 Å². The fourth-order valence-corrected chi connectivity index (χ4v) is 8.44. The summed E-state index contributed by atoms with van der Waals surface area (Å²) in [6.07, 6.45) is 12.2. The van der Waals surface area contributed by atoms with Gasteiger partial charge in [0.05, 0.1) is 24.5 Å². The number of allylic oxidation sites excluding steroid dienone is 1. The van der Waals surface area contributed by atoms with Crippen LogP contribution in [0.4, 0.5) is 0 Å². The Morgan fingerprint density at radius 2 is 1.81 bits per heavy atom. The normalized spacial score (nSPS) is 26.9. The molecule has 0 radical (unpaired) electrons. The zero-order valence-corrected chi connectivity index (χ0v) is 28.2. The van der Waals surface area contributed by atoms with E-state index in [4.69, 9.17) is 9.47 Å². The monoisotopic (exact) mass is 663 g/mol. The maximum Gasteiger partial charge on any atom is 0.313 e. The van der Waals surface area contributed by atoms with Gasteiger partial charge in [-0.1, -0.05) is 74.6 Å². The van der Waals surface area contributed by atoms with Gasteiger partial charge >= 0.3 is 5.97 Å². The van der Waals surface area contributed by atoms with Crippen molar-refractivity contribution in [2.75, 3.05) is 26.2 Å². The minimum Gasteiger partial charge on any atom is -0.455 e. The number of esters is 1. The molecule has 262 valence electrons. The lowest BCUT2D eigenvalue weighted by atomic mass is 9.70. The smallest absolute Gasteiger partial charge is 0.313 e. The number of hydrogen-bond donors (Lipinski definition) is 2. The van der Waals surface area contributed by atoms with Crippen LogP contribution in [0.1, 0.15) is 95.1 Å². The van der Waals surface area contributed by atoms with Gasteiger partial charge in [-0.15, -0.1) is 13.2 Å². The van der Waals surface area contributed by atoms with Crippen LogP contribution in [0.2, 0.25) is 0 Å². The van der Waals surface area contributed by atoms with Crippen LogP contribution in [0.5, 0.6) is 0 Å². The first kappa shape index (κ1) is 35.8. The van der Waals surface area contributed by atoms with Gasteiger partial charge in [-0.3, -0.25) is 19.2 Å². The minimum atomic E-state index is -1.11. The van der Waals surface area contributed by atoms with Crippen molar-refractivity contribution in [1.29, 1.82) is 0 Å². The lowest BCUT2D eigenvalue weighted by Gasteiger charge is -2.40. The number of benzene rings is 1. The first-order valence-corrected chi connectivity index (χ1v) is 18.0. The largest absolute Gasteiger partial charge is 0.455 e. The molecule has 3 heterocycles. The van der Waals surface area contributed by atoms with Crippen molar-refractivity contribution in [3.63, 3.8) is 0 Å². The van der Waals surface area contributed by atoms with Crippen molar-refractivity contribution in [1.82, 2.24) is 15.1 Å². The van der Waals surface area contributed by atoms with Gasteiger partial charge in [0.2, 0.25) is 17.7 Å². The molecule has 1 aromatic carbocycles. The molecule has 4 fully saturated rings. The highest BCUT2D eigenvalue weighted by molar-refractivity contribution is 5.98. The Balaban J connectivity index is 1.41. The second-order valence-electron chi connectivity index (χ2n) is 13.8. The van der Waals surface area contributed by atoms with E-state index < -0.39 is 41.7 Å². The van der Waals surface area contributed by atoms with Gasteiger partial charge in [0, 0.05) is 32.2 Å². The number of rotatable bonds is 18. The number of carbonyl (C=O) groups is 4. The van der Waals surface area contributed by atoms with Crippen LogP contribution in [0.15, 0.2) is 55.6 Å². The maximum atomic E-state index is 14.7. The number of nitrogens with zero attached hydrogens (tertiary/aromatic N) is 2. The van der Waals surface area contributed by atoms with Crippen molar-refractivity contribution >= 4 is 23.7 Å². The van der Waals surface area contributed by atoms with E-state index in [1.807, 2.05) is 35.2 Å². The van der Waals surface area contributed by atoms with E-state index in [1.54, 1.807) is 17.1 Å². The van der Waals surface area contributed by atoms with Gasteiger partial charge < -0.3 is 29.7 Å². The van der Waals surface area contributed by atoms with Gasteiger partial charge in [-0.25, -0.2) is 0 Å². The number of hydrogen-bond acceptors (Lipinski definition) is 7. The zero-order valence-electron chi connectivity index (χ0n) is 28.2. The Labute approximate surface area is 284 Å². The summed E-state index contributed by atoms with van der Waals surface area (Å²) in [6, 6.07) is 8.51. The Morgan fingerprint density at radius 1 is 1.06 bits per heavy atom. The number of carbonyl (C=O) groups excluding carboxylic acids is 4. The van der Waals surface area contributed by atoms with Crippen molar-refractivity contribution in [2.24, 2.45) is 11.8 Å². The van der Waals surface area contributed by atoms with Gasteiger partial charge in [0.1, 0.15) is 17.7 Å². The molecular weight excluding hydrogens is 610 g/mol. The lowest BCUT2D eigenvalue weighted by molar-refractivity contribution is -0.160. The topological polar surface area (TPSA) is 125 Å². The second kappa shape index (κ2) is 16.7. The molecule has 1 saturated carbocycles. The summed E-state index contributed by atoms with van der Waals surface area (Å²) in [4.78, 5) is 59.5. The highest BCUT2D eigenvalue weighted by Gasteiger charge is 2.75. The van der Waals surface area contributed by atoms with Gasteiger partial charge in [0.15, 0.2) is 0 Å². The van der Waals surface area contributed by atoms with Crippen molar-refractivity contribution in [3.8, 4) is 0 Å². The van der Waals surface area contributed by atoms with Crippen molar-refractivity contribution < 1.29 is 33.8 Å². The molecule has 4 aliphatic rings. The molecule has 3 aliphatic heterocycles. The number of ether oxygens (including phenoxy) is 2. The number of likely N-dealkylation sites (tertiary alicyclic amines) is 1. The highest BCUT2D eigenvalue weighted by atomic mass is 16.6. The number of aliphatic hydroxyl groups is 1. The molecule has 6 atom stereocenters. The minimum absolute atomic E-state index is 0.0777. The number of aliphatic hydroxyl groups excluding tert-OH is 1. The fraction of sp³-hybridized carbons (Fsp3) is 0.632. The average Bonchev–Trinajstić information content (AvgIpc) is 3.75. The Bertz CT molecular complexity index is 1300. The van der Waals surface area contributed by atoms with E-state index in [0.717, 1.165) is 50.5 Å². The molecule has 2 N–H and O–H groups in total. The van der Waals surface area contributed by atoms with Gasteiger partial charge in [0.25, 0.3) is 0 Å². The zero-order chi connectivity index (χ0) is 34.1. The van der Waals surface area contributed by atoms with Gasteiger partial charge in [-0.2, -0.15) is 0 Å². The Kier molecular flexibility index (Phi) is 12.5. The molecule has 10 heteroatoms. The van der Waals surface area contributed by atoms with Crippen LogP contribution in [0, 0.1) is 11.8 Å². The van der Waals surface area contributed by atoms with E-state index >= 15 is 0 Å². The van der Waals surface area contributed by atoms with E-state index in [9.17, 15) is 24.3 Å². The van der Waals surface area contributed by atoms with E-state index in [0.29, 0.717) is 45.2 Å². The van der Waals surface area contributed by atoms with Crippen LogP contribution < -0.4 is 5.32 Å². The molecule has 10 nitrogen and oxygen atoms in total. The summed E-state index contributed by atoms with van der Waals surface area (Å²) < 4.78 is 12.9. The summed E-state index contributed by atoms with van der Waals surface area (Å²) in [5.41, 5.74) is -0.375. The molecule has 3 amide bonds. The lowest BCUT2D eigenvalue weighted by Crippen LogP contribution is -2.58. The second-order valence-corrected chi connectivity index (χ2v) is 13.8. The average molecular weight is 664 g/mol. The molecule has 1 spiro atoms. The number of unbranched alkanes of at least 4 members (excludes halogenated alkanes) is 3. The van der Waals surface area contributed by atoms with E-state index in [-0.39, 0.29) is 43.3 Å². The summed E-state index contributed by atoms with van der Waals surface area (Å²) in [5.74, 6) is -2.74. The molecule has 2 bridgehead atoms. The summed E-state index contributed by atoms with van der Waals surface area (Å²) in [5, 5.41) is 12.1. The molecule has 0 aromatic heterocycles. The molecule has 0 unspecified atom stereocenters. The summed E-state index contributed by atoms with van der Waals surface area (Å²) >= 11 is 0. The van der Waals surface area contributed by atoms with Crippen molar-refractivity contribution in [3.05, 3.63) is 61.2 Å². The number of nitrogens with one attached hydrogen (secondary N) is 1. The SMILES string of the molecule is C=CCCC(=O)NC[C@@H](OC(=O)[C@@H]1[C@H]2C(=O)N(CCCCCCO)[C@H](C(=O)N(CC=C)C3CCCCC3)[C@]23CC[C@H]1O3)c1ccccc1. The first-order chi connectivity index (χ1) is 23.4. The van der Waals surface area contributed by atoms with Crippen LogP contribution in [0.3, 0.4) is 0 Å². The Morgan fingerprint density at radius 3 is 2.52 bits per heavy atom. The Hall–Kier alpha value is -3.50. The van der Waals surface area contributed by atoms with Crippen molar-refractivity contribution in [2.45, 2.75) is 113 Å². The third kappa shape index (κ3) is 7.54. The first-order valence-electron chi connectivity index (χ1n) is 18.0. The van der Waals surface area contributed by atoms with Crippen LogP contribution >= 0.6 is 0 Å². The fourth-order valence-electron chi connectivity index (χ4n) is 8.44. The molecule has 5 rings (SSSR count). The predicted octanol–water partition coefficient (Wildman–Crippen LogP) is 4.63. The quantitative estimate of drug-likeness (QED) is 0.133. The number of fused-ring (bicyclic) bond motifs is 1. The molecule has 48 heavy (non-hydrogen) atoms. The van der Waals surface area contributed by atoms with Gasteiger partial charge in [-0.05, 0) is 50.5 Å². The standard InChI is InChI=1S/C38H53N3O7/c1-3-5-20-31(43)39-26-30(27-16-10-8-11-17-27)47-37(46)32-29-21-22-38(48-29)33(32)35(44)41(24-14-6-7-15-25-42)34(38)36(45)40(23-4-2)28-18-12-9-13-19-28/h3-4,8,10-11,16-17,28-30,32-34,42H,1-2,5-7,9,12-15,18-26H2,(H,39,43)/t29-,30-,32+,33+,34-,38+/m1/s1. The molecular formula is C38H53N3O7. The summed E-state index contributed by atoms with van der Waals surface area (Å²) in [7, 11) is 0. The van der Waals surface area contributed by atoms with Crippen LogP contribution in [-0.4, -0.2) is 88.6 Å². The third-order valence-electron chi connectivity index (χ3n) is 10.7.